The van der Waals surface area contributed by atoms with E-state index in [1.54, 1.807) is 12.2 Å². The zero-order valence-corrected chi connectivity index (χ0v) is 4.79. The Hall–Kier alpha value is -1.38. The lowest BCUT2D eigenvalue weighted by Gasteiger charge is -1.87. The summed E-state index contributed by atoms with van der Waals surface area (Å²) in [4.78, 5) is 3.72. The molecule has 3 heteroatoms. The highest BCUT2D eigenvalue weighted by Gasteiger charge is 2.07. The van der Waals surface area contributed by atoms with E-state index in [4.69, 9.17) is 5.41 Å². The van der Waals surface area contributed by atoms with Gasteiger partial charge in [-0.15, -0.1) is 0 Å². The maximum Gasteiger partial charge on any atom is 0.239 e. The third-order valence-corrected chi connectivity index (χ3v) is 0.871. The number of hydrogen-bond donors (Lipinski definition) is 1. The van der Waals surface area contributed by atoms with Gasteiger partial charge >= 0.3 is 0 Å². The molecule has 0 bridgehead atoms. The van der Waals surface area contributed by atoms with Crippen LogP contribution in [0.1, 0.15) is 0 Å². The Balaban J connectivity index is 2.81. The predicted octanol–water partition coefficient (Wildman–Crippen LogP) is 1.09. The predicted molar refractivity (Wildman–Crippen MR) is 35.6 cm³/mol. The summed E-state index contributed by atoms with van der Waals surface area (Å²) in [5.41, 5.74) is 0.519. The first-order valence-electron chi connectivity index (χ1n) is 2.45. The molecule has 0 aliphatic carbocycles. The molecule has 1 N–H and O–H groups in total. The van der Waals surface area contributed by atoms with Gasteiger partial charge in [0, 0.05) is 0 Å². The van der Waals surface area contributed by atoms with E-state index in [1.165, 1.54) is 6.40 Å². The Kier molecular flexibility index (Phi) is 1.44. The molecule has 1 aliphatic heterocycles. The van der Waals surface area contributed by atoms with Gasteiger partial charge in [-0.2, -0.15) is 0 Å². The van der Waals surface area contributed by atoms with Crippen LogP contribution in [0.25, 0.3) is 0 Å². The molecule has 0 aromatic rings. The van der Waals surface area contributed by atoms with Crippen LogP contribution < -0.4 is 0 Å². The van der Waals surface area contributed by atoms with Gasteiger partial charge in [-0.1, -0.05) is 12.7 Å². The molecule has 46 valence electrons. The Morgan fingerprint density at radius 2 is 2.56 bits per heavy atom. The van der Waals surface area contributed by atoms with Gasteiger partial charge in [0.25, 0.3) is 0 Å². The molecule has 0 fully saturated rings. The number of allylic oxidation sites excluding steroid dienone is 2. The summed E-state index contributed by atoms with van der Waals surface area (Å²) in [6.45, 7) is 3.46. The van der Waals surface area contributed by atoms with Crippen LogP contribution in [0.3, 0.4) is 0 Å². The lowest BCUT2D eigenvalue weighted by atomic mass is 10.4. The lowest BCUT2D eigenvalue weighted by Crippen LogP contribution is -1.93. The second kappa shape index (κ2) is 2.26. The van der Waals surface area contributed by atoms with Gasteiger partial charge in [0.15, 0.2) is 6.40 Å². The summed E-state index contributed by atoms with van der Waals surface area (Å²) in [5.74, 6) is 0.0786. The first kappa shape index (κ1) is 5.75. The van der Waals surface area contributed by atoms with E-state index >= 15 is 0 Å². The molecule has 0 radical (unpaired) electrons. The van der Waals surface area contributed by atoms with Crippen LogP contribution in [0.5, 0.6) is 0 Å². The van der Waals surface area contributed by atoms with Crippen LogP contribution >= 0.6 is 0 Å². The van der Waals surface area contributed by atoms with Crippen molar-refractivity contribution in [2.24, 2.45) is 4.99 Å². The summed E-state index contributed by atoms with van der Waals surface area (Å²) in [5, 5.41) is 7.05. The summed E-state index contributed by atoms with van der Waals surface area (Å²) < 4.78 is 4.59. The van der Waals surface area contributed by atoms with Gasteiger partial charge in [-0.05, 0) is 6.08 Å². The van der Waals surface area contributed by atoms with Crippen molar-refractivity contribution in [1.82, 2.24) is 0 Å². The van der Waals surface area contributed by atoms with Gasteiger partial charge in [0.05, 0.1) is 0 Å². The smallest absolute Gasteiger partial charge is 0.239 e. The number of nitrogens with zero attached hydrogens (tertiary/aromatic N) is 1. The molecule has 1 heterocycles. The standard InChI is InChI=1S/C6H6N2O/c1-2-3-5-6(7)9-4-8-5/h2-4,7H,1H2/b5-3+,7-6?. The highest BCUT2D eigenvalue weighted by molar-refractivity contribution is 5.99. The molecule has 0 saturated carbocycles. The largest absolute Gasteiger partial charge is 0.426 e. The van der Waals surface area contributed by atoms with E-state index in [2.05, 4.69) is 16.3 Å². The number of rotatable bonds is 1. The SMILES string of the molecule is C=C/C=C1/N=COC1=N. The fourth-order valence-electron chi connectivity index (χ4n) is 0.485. The minimum absolute atomic E-state index is 0.0786. The van der Waals surface area contributed by atoms with Crippen molar-refractivity contribution in [3.8, 4) is 0 Å². The van der Waals surface area contributed by atoms with Crippen molar-refractivity contribution in [2.45, 2.75) is 0 Å². The second-order valence-corrected chi connectivity index (χ2v) is 1.47. The summed E-state index contributed by atoms with van der Waals surface area (Å²) >= 11 is 0. The molecule has 3 nitrogen and oxygen atoms in total. The van der Waals surface area contributed by atoms with E-state index in [-0.39, 0.29) is 5.90 Å². The minimum atomic E-state index is 0.0786. The lowest BCUT2D eigenvalue weighted by molar-refractivity contribution is 0.582. The summed E-state index contributed by atoms with van der Waals surface area (Å²) in [7, 11) is 0. The first-order valence-corrected chi connectivity index (χ1v) is 2.45. The van der Waals surface area contributed by atoms with Crippen LogP contribution in [0.2, 0.25) is 0 Å². The average molecular weight is 122 g/mol. The number of hydrogen-bond acceptors (Lipinski definition) is 3. The first-order chi connectivity index (χ1) is 4.34. The Morgan fingerprint density at radius 3 is 3.00 bits per heavy atom. The van der Waals surface area contributed by atoms with Crippen molar-refractivity contribution in [3.05, 3.63) is 24.4 Å². The second-order valence-electron chi connectivity index (χ2n) is 1.47. The van der Waals surface area contributed by atoms with Crippen molar-refractivity contribution >= 4 is 12.3 Å². The molecule has 0 aromatic carbocycles. The molecule has 0 amide bonds. The van der Waals surface area contributed by atoms with Crippen LogP contribution in [-0.2, 0) is 4.74 Å². The Morgan fingerprint density at radius 1 is 1.78 bits per heavy atom. The maximum atomic E-state index is 7.05. The molecule has 9 heavy (non-hydrogen) atoms. The Bertz CT molecular complexity index is 203. The van der Waals surface area contributed by atoms with Crippen LogP contribution in [0.4, 0.5) is 0 Å². The van der Waals surface area contributed by atoms with E-state index in [0.29, 0.717) is 5.70 Å². The average Bonchev–Trinajstić information content (AvgIpc) is 2.18. The van der Waals surface area contributed by atoms with Gasteiger partial charge in [-0.25, -0.2) is 4.99 Å². The monoisotopic (exact) mass is 122 g/mol. The third-order valence-electron chi connectivity index (χ3n) is 0.871. The van der Waals surface area contributed by atoms with E-state index in [9.17, 15) is 0 Å². The minimum Gasteiger partial charge on any atom is -0.426 e. The Labute approximate surface area is 52.9 Å². The highest BCUT2D eigenvalue weighted by Crippen LogP contribution is 2.04. The topological polar surface area (TPSA) is 45.4 Å². The normalized spacial score (nSPS) is 20.4. The summed E-state index contributed by atoms with van der Waals surface area (Å²) in [6.07, 6.45) is 4.42. The number of ether oxygens (including phenoxy) is 1. The molecule has 0 atom stereocenters. The molecule has 1 aliphatic rings. The van der Waals surface area contributed by atoms with Gasteiger partial charge in [0.1, 0.15) is 5.70 Å². The van der Waals surface area contributed by atoms with Crippen molar-refractivity contribution in [3.63, 3.8) is 0 Å². The van der Waals surface area contributed by atoms with Crippen LogP contribution in [0, 0.1) is 5.41 Å². The molecule has 0 spiro atoms. The molecule has 0 unspecified atom stereocenters. The molecular weight excluding hydrogens is 116 g/mol. The molecular formula is C6H6N2O. The van der Waals surface area contributed by atoms with E-state index in [0.717, 1.165) is 0 Å². The van der Waals surface area contributed by atoms with Crippen molar-refractivity contribution in [2.75, 3.05) is 0 Å². The van der Waals surface area contributed by atoms with E-state index < -0.39 is 0 Å². The number of nitrogens with one attached hydrogen (secondary N) is 1. The summed E-state index contributed by atoms with van der Waals surface area (Å²) in [6, 6.07) is 0. The van der Waals surface area contributed by atoms with Gasteiger partial charge in [0.2, 0.25) is 5.90 Å². The zero-order valence-electron chi connectivity index (χ0n) is 4.79. The van der Waals surface area contributed by atoms with Crippen LogP contribution in [0.15, 0.2) is 29.4 Å². The van der Waals surface area contributed by atoms with Crippen molar-refractivity contribution in [1.29, 1.82) is 5.41 Å². The molecule has 0 aromatic heterocycles. The number of aliphatic imine (C=N–C) groups is 1. The molecule has 0 saturated heterocycles. The maximum absolute atomic E-state index is 7.05. The quantitative estimate of drug-likeness (QED) is 0.556. The van der Waals surface area contributed by atoms with Crippen molar-refractivity contribution < 1.29 is 4.74 Å². The third kappa shape index (κ3) is 1.05. The van der Waals surface area contributed by atoms with Gasteiger partial charge in [-0.3, -0.25) is 5.41 Å². The van der Waals surface area contributed by atoms with E-state index in [1.807, 2.05) is 0 Å². The fraction of sp³-hybridized carbons (Fsp3) is 0. The van der Waals surface area contributed by atoms with Crippen LogP contribution in [-0.4, -0.2) is 12.3 Å². The van der Waals surface area contributed by atoms with Gasteiger partial charge < -0.3 is 4.74 Å². The molecule has 1 rings (SSSR count). The zero-order chi connectivity index (χ0) is 6.69. The fourth-order valence-corrected chi connectivity index (χ4v) is 0.485. The highest BCUT2D eigenvalue weighted by atomic mass is 16.5.